The summed E-state index contributed by atoms with van der Waals surface area (Å²) in [4.78, 5) is 1.13. The maximum Gasteiger partial charge on any atom is 0.170 e. The molecule has 21 heavy (non-hydrogen) atoms. The average molecular weight is 323 g/mol. The Morgan fingerprint density at radius 2 is 2.00 bits per heavy atom. The molecule has 2 aromatic rings. The van der Waals surface area contributed by atoms with Gasteiger partial charge in [0.25, 0.3) is 0 Å². The van der Waals surface area contributed by atoms with Crippen LogP contribution in [0.1, 0.15) is 11.1 Å². The molecule has 4 nitrogen and oxygen atoms in total. The number of hydrogen-bond acceptors (Lipinski definition) is 4. The minimum absolute atomic E-state index is 0.0475. The van der Waals surface area contributed by atoms with Gasteiger partial charge in [-0.1, -0.05) is 28.9 Å². The smallest absolute Gasteiger partial charge is 0.170 e. The van der Waals surface area contributed by atoms with Gasteiger partial charge in [-0.25, -0.2) is 0 Å². The van der Waals surface area contributed by atoms with Crippen LogP contribution < -0.4 is 10.5 Å². The summed E-state index contributed by atoms with van der Waals surface area (Å²) < 4.78 is 5.12. The topological polar surface area (TPSA) is 67.8 Å². The molecule has 0 aliphatic rings. The van der Waals surface area contributed by atoms with E-state index in [4.69, 9.17) is 27.3 Å². The summed E-state index contributed by atoms with van der Waals surface area (Å²) >= 11 is 7.89. The zero-order valence-corrected chi connectivity index (χ0v) is 13.0. The summed E-state index contributed by atoms with van der Waals surface area (Å²) in [6, 6.07) is 13.2. The molecule has 0 saturated heterocycles. The number of halogens is 1. The summed E-state index contributed by atoms with van der Waals surface area (Å²) in [7, 11) is 1.64. The Labute approximate surface area is 132 Å². The monoisotopic (exact) mass is 322 g/mol. The number of nitrogens with zero attached hydrogens (tertiary/aromatic N) is 1. The SMILES string of the molecule is COc1ccc(SCc2ccc(/C(N)=N/O)cc2Cl)cc1. The molecule has 0 aromatic heterocycles. The molecule has 0 unspecified atom stereocenters. The van der Waals surface area contributed by atoms with E-state index >= 15 is 0 Å². The van der Waals surface area contributed by atoms with E-state index in [9.17, 15) is 0 Å². The van der Waals surface area contributed by atoms with Gasteiger partial charge in [-0.15, -0.1) is 11.8 Å². The van der Waals surface area contributed by atoms with Crippen molar-refractivity contribution >= 4 is 29.2 Å². The van der Waals surface area contributed by atoms with E-state index in [0.29, 0.717) is 10.6 Å². The van der Waals surface area contributed by atoms with Crippen molar-refractivity contribution in [1.82, 2.24) is 0 Å². The molecule has 6 heteroatoms. The Balaban J connectivity index is 2.05. The number of ether oxygens (including phenoxy) is 1. The Hall–Kier alpha value is -1.85. The van der Waals surface area contributed by atoms with Gasteiger partial charge >= 0.3 is 0 Å². The second-order valence-corrected chi connectivity index (χ2v) is 5.71. The van der Waals surface area contributed by atoms with Gasteiger partial charge in [-0.05, 0) is 35.9 Å². The molecule has 0 saturated carbocycles. The molecule has 0 amide bonds. The number of benzene rings is 2. The van der Waals surface area contributed by atoms with Crippen LogP contribution in [-0.2, 0) is 5.75 Å². The van der Waals surface area contributed by atoms with Gasteiger partial charge in [-0.2, -0.15) is 0 Å². The van der Waals surface area contributed by atoms with Gasteiger partial charge in [-0.3, -0.25) is 0 Å². The Kier molecular flexibility index (Phi) is 5.36. The van der Waals surface area contributed by atoms with Crippen molar-refractivity contribution in [3.05, 3.63) is 58.6 Å². The summed E-state index contributed by atoms with van der Waals surface area (Å²) in [6.07, 6.45) is 0. The van der Waals surface area contributed by atoms with Crippen LogP contribution in [0.3, 0.4) is 0 Å². The second kappa shape index (κ2) is 7.24. The molecule has 0 heterocycles. The van der Waals surface area contributed by atoms with Crippen molar-refractivity contribution < 1.29 is 9.94 Å². The molecule has 110 valence electrons. The van der Waals surface area contributed by atoms with Crippen molar-refractivity contribution in [2.24, 2.45) is 10.9 Å². The lowest BCUT2D eigenvalue weighted by atomic mass is 10.1. The van der Waals surface area contributed by atoms with Crippen LogP contribution in [0.5, 0.6) is 5.75 Å². The molecule has 0 spiro atoms. The number of amidine groups is 1. The van der Waals surface area contributed by atoms with Crippen LogP contribution in [0.2, 0.25) is 5.02 Å². The minimum Gasteiger partial charge on any atom is -0.497 e. The van der Waals surface area contributed by atoms with E-state index in [0.717, 1.165) is 22.0 Å². The lowest BCUT2D eigenvalue weighted by Gasteiger charge is -2.07. The van der Waals surface area contributed by atoms with Gasteiger partial charge in [0.1, 0.15) is 5.75 Å². The van der Waals surface area contributed by atoms with Crippen molar-refractivity contribution in [3.63, 3.8) is 0 Å². The van der Waals surface area contributed by atoms with Gasteiger partial charge in [0.15, 0.2) is 5.84 Å². The number of rotatable bonds is 5. The van der Waals surface area contributed by atoms with E-state index in [1.165, 1.54) is 0 Å². The fourth-order valence-corrected chi connectivity index (χ4v) is 2.94. The zero-order valence-electron chi connectivity index (χ0n) is 11.4. The highest BCUT2D eigenvalue weighted by molar-refractivity contribution is 7.98. The van der Waals surface area contributed by atoms with Crippen molar-refractivity contribution in [3.8, 4) is 5.75 Å². The molecule has 0 aliphatic heterocycles. The van der Waals surface area contributed by atoms with Crippen LogP contribution in [0.15, 0.2) is 52.5 Å². The van der Waals surface area contributed by atoms with Crippen LogP contribution in [0.4, 0.5) is 0 Å². The Morgan fingerprint density at radius 1 is 1.29 bits per heavy atom. The lowest BCUT2D eigenvalue weighted by molar-refractivity contribution is 0.318. The maximum absolute atomic E-state index is 8.65. The van der Waals surface area contributed by atoms with Crippen LogP contribution in [0.25, 0.3) is 0 Å². The minimum atomic E-state index is 0.0475. The molecule has 0 fully saturated rings. The first-order chi connectivity index (χ1) is 10.1. The first-order valence-electron chi connectivity index (χ1n) is 6.17. The third-order valence-corrected chi connectivity index (χ3v) is 4.32. The Bertz CT molecular complexity index is 645. The number of oxime groups is 1. The number of methoxy groups -OCH3 is 1. The predicted molar refractivity (Wildman–Crippen MR) is 86.5 cm³/mol. The molecule has 0 bridgehead atoms. The van der Waals surface area contributed by atoms with Crippen molar-refractivity contribution in [2.45, 2.75) is 10.6 Å². The van der Waals surface area contributed by atoms with E-state index < -0.39 is 0 Å². The molecule has 0 radical (unpaired) electrons. The van der Waals surface area contributed by atoms with E-state index in [-0.39, 0.29) is 5.84 Å². The molecule has 0 aliphatic carbocycles. The first-order valence-corrected chi connectivity index (χ1v) is 7.53. The van der Waals surface area contributed by atoms with E-state index in [1.54, 1.807) is 31.0 Å². The maximum atomic E-state index is 8.65. The standard InChI is InChI=1S/C15H15ClN2O2S/c1-20-12-4-6-13(7-5-12)21-9-11-3-2-10(8-14(11)16)15(17)18-19/h2-8,19H,9H2,1H3,(H2,17,18). The first kappa shape index (κ1) is 15.5. The van der Waals surface area contributed by atoms with Gasteiger partial charge in [0.05, 0.1) is 7.11 Å². The zero-order chi connectivity index (χ0) is 15.2. The molecule has 2 rings (SSSR count). The van der Waals surface area contributed by atoms with Crippen LogP contribution in [-0.4, -0.2) is 18.2 Å². The predicted octanol–water partition coefficient (Wildman–Crippen LogP) is 3.74. The molecule has 2 aromatic carbocycles. The average Bonchev–Trinajstić information content (AvgIpc) is 2.53. The lowest BCUT2D eigenvalue weighted by Crippen LogP contribution is -2.12. The summed E-state index contributed by atoms with van der Waals surface area (Å²) in [5.41, 5.74) is 7.12. The van der Waals surface area contributed by atoms with Crippen LogP contribution >= 0.6 is 23.4 Å². The molecular formula is C15H15ClN2O2S. The summed E-state index contributed by atoms with van der Waals surface area (Å²) in [5.74, 6) is 1.62. The highest BCUT2D eigenvalue weighted by Crippen LogP contribution is 2.28. The second-order valence-electron chi connectivity index (χ2n) is 4.26. The summed E-state index contributed by atoms with van der Waals surface area (Å²) in [5, 5.41) is 12.2. The van der Waals surface area contributed by atoms with Gasteiger partial charge in [0, 0.05) is 21.2 Å². The third-order valence-electron chi connectivity index (χ3n) is 2.91. The van der Waals surface area contributed by atoms with E-state index in [2.05, 4.69) is 5.16 Å². The number of hydrogen-bond donors (Lipinski definition) is 2. The van der Waals surface area contributed by atoms with Crippen LogP contribution in [0, 0.1) is 0 Å². The summed E-state index contributed by atoms with van der Waals surface area (Å²) in [6.45, 7) is 0. The third kappa shape index (κ3) is 4.06. The van der Waals surface area contributed by atoms with Gasteiger partial charge in [0.2, 0.25) is 0 Å². The number of nitrogens with two attached hydrogens (primary N) is 1. The largest absolute Gasteiger partial charge is 0.497 e. The quantitative estimate of drug-likeness (QED) is 0.289. The van der Waals surface area contributed by atoms with Gasteiger partial charge < -0.3 is 15.7 Å². The Morgan fingerprint density at radius 3 is 2.57 bits per heavy atom. The van der Waals surface area contributed by atoms with Crippen molar-refractivity contribution in [2.75, 3.05) is 7.11 Å². The highest BCUT2D eigenvalue weighted by atomic mass is 35.5. The number of thioether (sulfide) groups is 1. The van der Waals surface area contributed by atoms with Crippen molar-refractivity contribution in [1.29, 1.82) is 0 Å². The normalized spacial score (nSPS) is 11.4. The fraction of sp³-hybridized carbons (Fsp3) is 0.133. The molecular weight excluding hydrogens is 308 g/mol. The molecule has 3 N–H and O–H groups in total. The molecule has 0 atom stereocenters. The fourth-order valence-electron chi connectivity index (χ4n) is 1.71. The highest BCUT2D eigenvalue weighted by Gasteiger charge is 2.06. The van der Waals surface area contributed by atoms with E-state index in [1.807, 2.05) is 30.3 Å².